The van der Waals surface area contributed by atoms with Gasteiger partial charge in [-0.3, -0.25) is 9.69 Å². The lowest BCUT2D eigenvalue weighted by atomic mass is 9.88. The Labute approximate surface area is 99.5 Å². The van der Waals surface area contributed by atoms with Crippen molar-refractivity contribution in [2.24, 2.45) is 0 Å². The van der Waals surface area contributed by atoms with Gasteiger partial charge in [-0.2, -0.15) is 11.3 Å². The minimum Gasteiger partial charge on any atom is -0.348 e. The molecule has 0 atom stereocenters. The van der Waals surface area contributed by atoms with Gasteiger partial charge in [0.15, 0.2) is 0 Å². The molecule has 3 rings (SSSR count). The number of likely N-dealkylation sites (tertiary alicyclic amines) is 1. The fraction of sp³-hybridized carbons (Fsp3) is 0.583. The first kappa shape index (κ1) is 10.3. The number of thiophene rings is 1. The zero-order valence-electron chi connectivity index (χ0n) is 9.24. The molecule has 0 radical (unpaired) electrons. The van der Waals surface area contributed by atoms with Gasteiger partial charge >= 0.3 is 0 Å². The maximum absolute atomic E-state index is 11.2. The van der Waals surface area contributed by atoms with E-state index >= 15 is 0 Å². The van der Waals surface area contributed by atoms with Crippen molar-refractivity contribution in [2.75, 3.05) is 19.6 Å². The number of amides is 1. The Hall–Kier alpha value is -0.870. The molecule has 2 aliphatic heterocycles. The molecule has 1 aromatic rings. The quantitative estimate of drug-likeness (QED) is 0.857. The van der Waals surface area contributed by atoms with Crippen LogP contribution in [0, 0.1) is 0 Å². The van der Waals surface area contributed by atoms with Gasteiger partial charge in [-0.15, -0.1) is 0 Å². The van der Waals surface area contributed by atoms with E-state index in [0.29, 0.717) is 0 Å². The molecular weight excluding hydrogens is 220 g/mol. The summed E-state index contributed by atoms with van der Waals surface area (Å²) in [5.74, 6) is 0.234. The van der Waals surface area contributed by atoms with Crippen molar-refractivity contribution in [3.8, 4) is 0 Å². The number of nitrogens with zero attached hydrogens (tertiary/aromatic N) is 1. The second-order valence-electron chi connectivity index (χ2n) is 4.92. The van der Waals surface area contributed by atoms with E-state index in [4.69, 9.17) is 0 Å². The highest BCUT2D eigenvalue weighted by Crippen LogP contribution is 2.30. The van der Waals surface area contributed by atoms with Gasteiger partial charge in [0.25, 0.3) is 0 Å². The maximum Gasteiger partial charge on any atom is 0.220 e. The third kappa shape index (κ3) is 1.87. The Balaban J connectivity index is 1.46. The summed E-state index contributed by atoms with van der Waals surface area (Å²) in [6, 6.07) is 2.19. The predicted octanol–water partition coefficient (Wildman–Crippen LogP) is 1.25. The molecule has 3 heterocycles. The van der Waals surface area contributed by atoms with Crippen LogP contribution in [-0.2, 0) is 11.2 Å². The topological polar surface area (TPSA) is 32.3 Å². The Bertz CT molecular complexity index is 382. The van der Waals surface area contributed by atoms with Crippen LogP contribution in [0.1, 0.15) is 18.4 Å². The molecule has 1 N–H and O–H groups in total. The largest absolute Gasteiger partial charge is 0.348 e. The zero-order valence-corrected chi connectivity index (χ0v) is 10.1. The van der Waals surface area contributed by atoms with Crippen molar-refractivity contribution >= 4 is 17.2 Å². The molecule has 3 nitrogen and oxygen atoms in total. The van der Waals surface area contributed by atoms with Gasteiger partial charge in [0.1, 0.15) is 0 Å². The van der Waals surface area contributed by atoms with Crippen LogP contribution in [0.5, 0.6) is 0 Å². The van der Waals surface area contributed by atoms with E-state index in [0.717, 1.165) is 38.9 Å². The molecule has 0 aromatic carbocycles. The Morgan fingerprint density at radius 1 is 1.50 bits per heavy atom. The van der Waals surface area contributed by atoms with Gasteiger partial charge in [0, 0.05) is 26.1 Å². The predicted molar refractivity (Wildman–Crippen MR) is 64.6 cm³/mol. The summed E-state index contributed by atoms with van der Waals surface area (Å²) >= 11 is 1.76. The first-order chi connectivity index (χ1) is 7.76. The van der Waals surface area contributed by atoms with E-state index in [1.54, 1.807) is 11.3 Å². The zero-order chi connectivity index (χ0) is 11.0. The van der Waals surface area contributed by atoms with E-state index in [1.165, 1.54) is 5.56 Å². The van der Waals surface area contributed by atoms with Crippen LogP contribution in [0.4, 0.5) is 0 Å². The van der Waals surface area contributed by atoms with Crippen LogP contribution < -0.4 is 5.32 Å². The fourth-order valence-electron chi connectivity index (χ4n) is 2.70. The molecule has 1 spiro atoms. The smallest absolute Gasteiger partial charge is 0.220 e. The fourth-order valence-corrected chi connectivity index (χ4v) is 3.40. The van der Waals surface area contributed by atoms with Crippen molar-refractivity contribution in [2.45, 2.75) is 24.8 Å². The SMILES string of the molecule is O=C1CCC2(CN(CCc3ccsc3)C2)N1. The highest BCUT2D eigenvalue weighted by molar-refractivity contribution is 7.07. The Kier molecular flexibility index (Phi) is 2.48. The van der Waals surface area contributed by atoms with Gasteiger partial charge in [-0.1, -0.05) is 0 Å². The van der Waals surface area contributed by atoms with Crippen molar-refractivity contribution in [3.63, 3.8) is 0 Å². The molecule has 16 heavy (non-hydrogen) atoms. The van der Waals surface area contributed by atoms with E-state index in [9.17, 15) is 4.79 Å². The first-order valence-corrected chi connectivity index (χ1v) is 6.75. The van der Waals surface area contributed by atoms with Gasteiger partial charge in [-0.25, -0.2) is 0 Å². The van der Waals surface area contributed by atoms with Crippen LogP contribution in [0.25, 0.3) is 0 Å². The molecule has 4 heteroatoms. The monoisotopic (exact) mass is 236 g/mol. The molecule has 86 valence electrons. The number of nitrogens with one attached hydrogen (secondary N) is 1. The molecule has 0 saturated carbocycles. The maximum atomic E-state index is 11.2. The first-order valence-electron chi connectivity index (χ1n) is 5.80. The van der Waals surface area contributed by atoms with Crippen LogP contribution in [0.3, 0.4) is 0 Å². The highest BCUT2D eigenvalue weighted by Gasteiger charge is 2.46. The number of rotatable bonds is 3. The van der Waals surface area contributed by atoms with Gasteiger partial charge in [-0.05, 0) is 35.2 Å². The van der Waals surface area contributed by atoms with Crippen molar-refractivity contribution in [1.29, 1.82) is 0 Å². The normalized spacial score (nSPS) is 23.4. The standard InChI is InChI=1S/C12H16N2OS/c15-11-1-4-12(13-11)8-14(9-12)5-2-10-3-6-16-7-10/h3,6-7H,1-2,4-5,8-9H2,(H,13,15). The van der Waals surface area contributed by atoms with E-state index in [2.05, 4.69) is 27.0 Å². The average molecular weight is 236 g/mol. The van der Waals surface area contributed by atoms with Crippen molar-refractivity contribution < 1.29 is 4.79 Å². The van der Waals surface area contributed by atoms with E-state index in [-0.39, 0.29) is 11.4 Å². The van der Waals surface area contributed by atoms with Crippen LogP contribution in [0.15, 0.2) is 16.8 Å². The van der Waals surface area contributed by atoms with Gasteiger partial charge in [0.05, 0.1) is 5.54 Å². The molecule has 2 aliphatic rings. The Morgan fingerprint density at radius 3 is 3.00 bits per heavy atom. The summed E-state index contributed by atoms with van der Waals surface area (Å²) in [6.07, 6.45) is 2.88. The summed E-state index contributed by atoms with van der Waals surface area (Å²) in [6.45, 7) is 3.21. The number of hydrogen-bond donors (Lipinski definition) is 1. The van der Waals surface area contributed by atoms with Crippen molar-refractivity contribution in [3.05, 3.63) is 22.4 Å². The average Bonchev–Trinajstić information content (AvgIpc) is 2.82. The van der Waals surface area contributed by atoms with Crippen molar-refractivity contribution in [1.82, 2.24) is 10.2 Å². The lowest BCUT2D eigenvalue weighted by molar-refractivity contribution is -0.120. The summed E-state index contributed by atoms with van der Waals surface area (Å²) in [7, 11) is 0. The lowest BCUT2D eigenvalue weighted by Gasteiger charge is -2.48. The highest BCUT2D eigenvalue weighted by atomic mass is 32.1. The summed E-state index contributed by atoms with van der Waals surface area (Å²) in [5.41, 5.74) is 1.58. The third-order valence-electron chi connectivity index (χ3n) is 3.58. The molecule has 0 aliphatic carbocycles. The lowest BCUT2D eigenvalue weighted by Crippen LogP contribution is -2.67. The summed E-state index contributed by atoms with van der Waals surface area (Å²) in [4.78, 5) is 13.6. The summed E-state index contributed by atoms with van der Waals surface area (Å²) < 4.78 is 0. The van der Waals surface area contributed by atoms with E-state index < -0.39 is 0 Å². The molecular formula is C12H16N2OS. The number of carbonyl (C=O) groups excluding carboxylic acids is 1. The van der Waals surface area contributed by atoms with Gasteiger partial charge in [0.2, 0.25) is 5.91 Å². The molecule has 0 unspecified atom stereocenters. The molecule has 0 bridgehead atoms. The second-order valence-corrected chi connectivity index (χ2v) is 5.70. The van der Waals surface area contributed by atoms with Crippen LogP contribution >= 0.6 is 11.3 Å². The van der Waals surface area contributed by atoms with Gasteiger partial charge < -0.3 is 5.32 Å². The summed E-state index contributed by atoms with van der Waals surface area (Å²) in [5, 5.41) is 7.46. The molecule has 1 aromatic heterocycles. The third-order valence-corrected chi connectivity index (χ3v) is 4.32. The van der Waals surface area contributed by atoms with Crippen LogP contribution in [-0.4, -0.2) is 36.0 Å². The number of hydrogen-bond acceptors (Lipinski definition) is 3. The minimum absolute atomic E-state index is 0.145. The number of carbonyl (C=O) groups is 1. The minimum atomic E-state index is 0.145. The van der Waals surface area contributed by atoms with E-state index in [1.807, 2.05) is 0 Å². The van der Waals surface area contributed by atoms with Crippen LogP contribution in [0.2, 0.25) is 0 Å². The second kappa shape index (κ2) is 3.86. The molecule has 1 amide bonds. The molecule has 2 saturated heterocycles. The Morgan fingerprint density at radius 2 is 2.38 bits per heavy atom. The molecule has 2 fully saturated rings.